The fraction of sp³-hybridized carbons (Fsp3) is 0.381. The lowest BCUT2D eigenvalue weighted by atomic mass is 10.1. The number of sulfonamides is 1. The SMILES string of the molecule is CC(=O)c1cccc(S(=O)(=O)N2[C@@H]3CC[C@@H]2CC(S(=O)(=O)c2ccccc2)C3)c1. The van der Waals surface area contributed by atoms with E-state index in [9.17, 15) is 21.6 Å². The van der Waals surface area contributed by atoms with Crippen molar-refractivity contribution in [2.75, 3.05) is 0 Å². The van der Waals surface area contributed by atoms with Gasteiger partial charge in [0.05, 0.1) is 15.0 Å². The van der Waals surface area contributed by atoms with Gasteiger partial charge in [-0.25, -0.2) is 16.8 Å². The molecule has 0 saturated carbocycles. The summed E-state index contributed by atoms with van der Waals surface area (Å²) in [5.41, 5.74) is 0.347. The molecule has 2 aliphatic rings. The van der Waals surface area contributed by atoms with Gasteiger partial charge in [-0.3, -0.25) is 4.79 Å². The topological polar surface area (TPSA) is 88.6 Å². The molecule has 0 spiro atoms. The minimum absolute atomic E-state index is 0.0893. The van der Waals surface area contributed by atoms with Crippen molar-refractivity contribution >= 4 is 25.6 Å². The van der Waals surface area contributed by atoms with E-state index in [0.717, 1.165) is 0 Å². The van der Waals surface area contributed by atoms with Crippen LogP contribution in [0, 0.1) is 0 Å². The number of Topliss-reactive ketones (excluding diaryl/α,β-unsaturated/α-hetero) is 1. The molecule has 2 fully saturated rings. The summed E-state index contributed by atoms with van der Waals surface area (Å²) in [5.74, 6) is -0.197. The van der Waals surface area contributed by atoms with Gasteiger partial charge >= 0.3 is 0 Å². The summed E-state index contributed by atoms with van der Waals surface area (Å²) in [4.78, 5) is 12.0. The highest BCUT2D eigenvalue weighted by molar-refractivity contribution is 7.92. The Kier molecular flexibility index (Phi) is 5.13. The molecule has 154 valence electrons. The van der Waals surface area contributed by atoms with Crippen LogP contribution in [0.4, 0.5) is 0 Å². The molecule has 29 heavy (non-hydrogen) atoms. The van der Waals surface area contributed by atoms with Crippen molar-refractivity contribution in [1.82, 2.24) is 4.31 Å². The van der Waals surface area contributed by atoms with Crippen LogP contribution in [0.5, 0.6) is 0 Å². The zero-order valence-corrected chi connectivity index (χ0v) is 17.7. The Morgan fingerprint density at radius 1 is 0.862 bits per heavy atom. The van der Waals surface area contributed by atoms with Gasteiger partial charge in [-0.2, -0.15) is 4.31 Å². The Bertz CT molecular complexity index is 1130. The van der Waals surface area contributed by atoms with Crippen molar-refractivity contribution in [3.8, 4) is 0 Å². The van der Waals surface area contributed by atoms with E-state index >= 15 is 0 Å². The van der Waals surface area contributed by atoms with Gasteiger partial charge in [0.1, 0.15) is 0 Å². The predicted octanol–water partition coefficient (Wildman–Crippen LogP) is 3.05. The standard InChI is InChI=1S/C21H23NO5S2/c1-15(23)16-6-5-9-20(12-16)29(26,27)22-17-10-11-18(22)14-21(13-17)28(24,25)19-7-3-2-4-8-19/h2-9,12,17-18,21H,10-11,13-14H2,1H3/t17-,18-/m1/s1. The smallest absolute Gasteiger partial charge is 0.243 e. The summed E-state index contributed by atoms with van der Waals surface area (Å²) in [6, 6.07) is 13.7. The van der Waals surface area contributed by atoms with Crippen molar-refractivity contribution in [3.05, 3.63) is 60.2 Å². The summed E-state index contributed by atoms with van der Waals surface area (Å²) in [6.45, 7) is 1.40. The molecular formula is C21H23NO5S2. The summed E-state index contributed by atoms with van der Waals surface area (Å²) in [6.07, 6.45) is 1.88. The minimum Gasteiger partial charge on any atom is -0.295 e. The van der Waals surface area contributed by atoms with Crippen LogP contribution in [0.1, 0.15) is 43.0 Å². The maximum Gasteiger partial charge on any atom is 0.243 e. The largest absolute Gasteiger partial charge is 0.295 e. The Balaban J connectivity index is 1.63. The molecular weight excluding hydrogens is 410 g/mol. The monoisotopic (exact) mass is 433 g/mol. The van der Waals surface area contributed by atoms with Gasteiger partial charge in [-0.05, 0) is 56.9 Å². The Labute approximate surface area is 171 Å². The zero-order chi connectivity index (χ0) is 20.8. The second-order valence-corrected chi connectivity index (χ2v) is 11.8. The van der Waals surface area contributed by atoms with Gasteiger partial charge in [0.15, 0.2) is 15.6 Å². The Hall–Kier alpha value is -2.03. The highest BCUT2D eigenvalue weighted by Gasteiger charge is 2.50. The first-order valence-electron chi connectivity index (χ1n) is 9.65. The van der Waals surface area contributed by atoms with E-state index in [4.69, 9.17) is 0 Å². The average molecular weight is 434 g/mol. The van der Waals surface area contributed by atoms with Gasteiger partial charge in [0.2, 0.25) is 10.0 Å². The molecule has 8 heteroatoms. The van der Waals surface area contributed by atoms with Gasteiger partial charge in [0, 0.05) is 17.6 Å². The number of piperidine rings is 1. The third-order valence-corrected chi connectivity index (χ3v) is 10.1. The lowest BCUT2D eigenvalue weighted by molar-refractivity contribution is 0.101. The first-order valence-corrected chi connectivity index (χ1v) is 12.6. The molecule has 2 aliphatic heterocycles. The minimum atomic E-state index is -3.80. The first-order chi connectivity index (χ1) is 13.7. The molecule has 2 heterocycles. The lowest BCUT2D eigenvalue weighted by Gasteiger charge is -2.37. The van der Waals surface area contributed by atoms with Crippen molar-refractivity contribution in [2.24, 2.45) is 0 Å². The number of hydrogen-bond acceptors (Lipinski definition) is 5. The van der Waals surface area contributed by atoms with Crippen molar-refractivity contribution in [1.29, 1.82) is 0 Å². The number of nitrogens with zero attached hydrogens (tertiary/aromatic N) is 1. The number of rotatable bonds is 5. The number of hydrogen-bond donors (Lipinski definition) is 0. The third-order valence-electron chi connectivity index (χ3n) is 5.95. The molecule has 4 rings (SSSR count). The highest BCUT2D eigenvalue weighted by Crippen LogP contribution is 2.42. The molecule has 2 saturated heterocycles. The van der Waals surface area contributed by atoms with Crippen LogP contribution in [0.15, 0.2) is 64.4 Å². The van der Waals surface area contributed by atoms with E-state index in [1.165, 1.54) is 23.4 Å². The van der Waals surface area contributed by atoms with Crippen LogP contribution in [0.3, 0.4) is 0 Å². The Morgan fingerprint density at radius 2 is 1.45 bits per heavy atom. The van der Waals surface area contributed by atoms with E-state index in [1.807, 2.05) is 0 Å². The fourth-order valence-electron chi connectivity index (χ4n) is 4.53. The second kappa shape index (κ2) is 7.34. The molecule has 0 aromatic heterocycles. The molecule has 2 atom stereocenters. The summed E-state index contributed by atoms with van der Waals surface area (Å²) in [7, 11) is -7.31. The van der Waals surface area contributed by atoms with Gasteiger partial charge in [0.25, 0.3) is 0 Å². The number of carbonyl (C=O) groups is 1. The Morgan fingerprint density at radius 3 is 2.03 bits per heavy atom. The number of sulfone groups is 1. The molecule has 0 aliphatic carbocycles. The van der Waals surface area contributed by atoms with E-state index in [2.05, 4.69) is 0 Å². The molecule has 2 bridgehead atoms. The van der Waals surface area contributed by atoms with Crippen molar-refractivity contribution < 1.29 is 21.6 Å². The van der Waals surface area contributed by atoms with Gasteiger partial charge in [-0.15, -0.1) is 0 Å². The third kappa shape index (κ3) is 3.53. The predicted molar refractivity (Wildman–Crippen MR) is 109 cm³/mol. The molecule has 0 radical (unpaired) electrons. The highest BCUT2D eigenvalue weighted by atomic mass is 32.2. The molecule has 0 unspecified atom stereocenters. The van der Waals surface area contributed by atoms with Gasteiger partial charge in [-0.1, -0.05) is 30.3 Å². The first kappa shape index (κ1) is 20.3. The van der Waals surface area contributed by atoms with Crippen molar-refractivity contribution in [3.63, 3.8) is 0 Å². The maximum absolute atomic E-state index is 13.3. The number of carbonyl (C=O) groups excluding carboxylic acids is 1. The van der Waals surface area contributed by atoms with E-state index in [0.29, 0.717) is 31.2 Å². The van der Waals surface area contributed by atoms with Crippen LogP contribution < -0.4 is 0 Å². The molecule has 2 aromatic carbocycles. The van der Waals surface area contributed by atoms with E-state index in [1.54, 1.807) is 42.5 Å². The van der Waals surface area contributed by atoms with E-state index < -0.39 is 25.1 Å². The fourth-order valence-corrected chi connectivity index (χ4v) is 8.34. The number of ketones is 1. The van der Waals surface area contributed by atoms with E-state index in [-0.39, 0.29) is 27.7 Å². The summed E-state index contributed by atoms with van der Waals surface area (Å²) >= 11 is 0. The van der Waals surface area contributed by atoms with Crippen LogP contribution in [0.2, 0.25) is 0 Å². The lowest BCUT2D eigenvalue weighted by Crippen LogP contribution is -2.49. The van der Waals surface area contributed by atoms with Crippen LogP contribution in [-0.2, 0) is 19.9 Å². The maximum atomic E-state index is 13.3. The molecule has 6 nitrogen and oxygen atoms in total. The molecule has 2 aromatic rings. The number of benzene rings is 2. The number of fused-ring (bicyclic) bond motifs is 2. The summed E-state index contributed by atoms with van der Waals surface area (Å²) < 4.78 is 54.2. The summed E-state index contributed by atoms with van der Waals surface area (Å²) in [5, 5.41) is -0.586. The quantitative estimate of drug-likeness (QED) is 0.676. The normalized spacial score (nSPS) is 25.1. The van der Waals surface area contributed by atoms with Crippen LogP contribution in [-0.4, -0.2) is 44.3 Å². The zero-order valence-electron chi connectivity index (χ0n) is 16.1. The second-order valence-electron chi connectivity index (χ2n) is 7.76. The van der Waals surface area contributed by atoms with Crippen LogP contribution >= 0.6 is 0 Å². The van der Waals surface area contributed by atoms with Crippen LogP contribution in [0.25, 0.3) is 0 Å². The molecule has 0 amide bonds. The average Bonchev–Trinajstić information content (AvgIpc) is 2.99. The van der Waals surface area contributed by atoms with Gasteiger partial charge < -0.3 is 0 Å². The van der Waals surface area contributed by atoms with Crippen molar-refractivity contribution in [2.45, 2.75) is 59.7 Å². The molecule has 0 N–H and O–H groups in total.